The molecule has 0 radical (unpaired) electrons. The van der Waals surface area contributed by atoms with Crippen molar-refractivity contribution in [3.05, 3.63) is 28.8 Å². The average molecular weight is 331 g/mol. The van der Waals surface area contributed by atoms with Crippen LogP contribution in [-0.2, 0) is 4.79 Å². The van der Waals surface area contributed by atoms with Crippen LogP contribution in [0.5, 0.6) is 0 Å². The van der Waals surface area contributed by atoms with E-state index in [4.69, 9.17) is 11.6 Å². The molecule has 1 aromatic carbocycles. The Kier molecular flexibility index (Phi) is 3.52. The van der Waals surface area contributed by atoms with Crippen LogP contribution < -0.4 is 4.90 Å². The van der Waals surface area contributed by atoms with Crippen molar-refractivity contribution in [3.8, 4) is 0 Å². The van der Waals surface area contributed by atoms with Gasteiger partial charge in [0.25, 0.3) is 11.7 Å². The van der Waals surface area contributed by atoms with Gasteiger partial charge in [0.1, 0.15) is 0 Å². The summed E-state index contributed by atoms with van der Waals surface area (Å²) in [4.78, 5) is 25.4. The molecule has 0 atom stereocenters. The van der Waals surface area contributed by atoms with Gasteiger partial charge in [-0.2, -0.15) is 0 Å². The standard InChI is InChI=1S/C13H13BrClNO2/c1-13(2,6-14)7-16-10-5-8(15)3-4-9(10)11(17)12(16)18/h3-5H,6-7H2,1-2H3. The molecule has 5 heteroatoms. The second-order valence-corrected chi connectivity index (χ2v) is 6.18. The molecule has 1 heterocycles. The van der Waals surface area contributed by atoms with Crippen LogP contribution in [0.25, 0.3) is 0 Å². The first-order chi connectivity index (χ1) is 8.35. The summed E-state index contributed by atoms with van der Waals surface area (Å²) in [7, 11) is 0. The lowest BCUT2D eigenvalue weighted by molar-refractivity contribution is -0.114. The molecule has 18 heavy (non-hydrogen) atoms. The number of hydrogen-bond donors (Lipinski definition) is 0. The topological polar surface area (TPSA) is 37.4 Å². The molecule has 0 bridgehead atoms. The molecule has 1 aliphatic heterocycles. The molecular formula is C13H13BrClNO2. The van der Waals surface area contributed by atoms with E-state index in [0.29, 0.717) is 22.8 Å². The number of fused-ring (bicyclic) bond motifs is 1. The number of rotatable bonds is 3. The van der Waals surface area contributed by atoms with Gasteiger partial charge in [0.2, 0.25) is 0 Å². The van der Waals surface area contributed by atoms with E-state index in [0.717, 1.165) is 5.33 Å². The summed E-state index contributed by atoms with van der Waals surface area (Å²) in [5.74, 6) is -0.923. The van der Waals surface area contributed by atoms with Crippen LogP contribution in [0.3, 0.4) is 0 Å². The molecule has 0 aliphatic carbocycles. The van der Waals surface area contributed by atoms with E-state index >= 15 is 0 Å². The van der Waals surface area contributed by atoms with Gasteiger partial charge in [-0.3, -0.25) is 9.59 Å². The highest BCUT2D eigenvalue weighted by molar-refractivity contribution is 9.09. The minimum Gasteiger partial charge on any atom is -0.304 e. The number of halogens is 2. The minimum absolute atomic E-state index is 0.111. The summed E-state index contributed by atoms with van der Waals surface area (Å²) in [6.45, 7) is 4.54. The van der Waals surface area contributed by atoms with E-state index < -0.39 is 11.7 Å². The average Bonchev–Trinajstić information content (AvgIpc) is 2.54. The number of Topliss-reactive ketones (excluding diaryl/α,β-unsaturated/α-hetero) is 1. The maximum Gasteiger partial charge on any atom is 0.299 e. The second kappa shape index (κ2) is 4.67. The van der Waals surface area contributed by atoms with Gasteiger partial charge < -0.3 is 4.90 Å². The third kappa shape index (κ3) is 2.31. The van der Waals surface area contributed by atoms with Crippen molar-refractivity contribution in [2.45, 2.75) is 13.8 Å². The fraction of sp³-hybridized carbons (Fsp3) is 0.385. The van der Waals surface area contributed by atoms with Gasteiger partial charge in [-0.1, -0.05) is 41.4 Å². The number of amides is 1. The quantitative estimate of drug-likeness (QED) is 0.630. The van der Waals surface area contributed by atoms with Gasteiger partial charge in [-0.05, 0) is 23.6 Å². The Morgan fingerprint density at radius 1 is 1.33 bits per heavy atom. The first-order valence-corrected chi connectivity index (χ1v) is 7.07. The Balaban J connectivity index is 2.42. The van der Waals surface area contributed by atoms with Crippen LogP contribution in [0, 0.1) is 5.41 Å². The van der Waals surface area contributed by atoms with Gasteiger partial charge in [0, 0.05) is 16.9 Å². The number of anilines is 1. The van der Waals surface area contributed by atoms with Crippen molar-refractivity contribution in [1.82, 2.24) is 0 Å². The number of nitrogens with zero attached hydrogens (tertiary/aromatic N) is 1. The Morgan fingerprint density at radius 2 is 2.00 bits per heavy atom. The second-order valence-electron chi connectivity index (χ2n) is 5.18. The molecular weight excluding hydrogens is 318 g/mol. The van der Waals surface area contributed by atoms with E-state index in [1.807, 2.05) is 13.8 Å². The van der Waals surface area contributed by atoms with Gasteiger partial charge in [0.05, 0.1) is 11.3 Å². The highest BCUT2D eigenvalue weighted by Crippen LogP contribution is 2.34. The van der Waals surface area contributed by atoms with Crippen molar-refractivity contribution < 1.29 is 9.59 Å². The third-order valence-corrected chi connectivity index (χ3v) is 4.64. The first kappa shape index (κ1) is 13.6. The van der Waals surface area contributed by atoms with Crippen molar-refractivity contribution in [2.24, 2.45) is 5.41 Å². The fourth-order valence-corrected chi connectivity index (χ4v) is 2.24. The lowest BCUT2D eigenvalue weighted by Gasteiger charge is -2.28. The summed E-state index contributed by atoms with van der Waals surface area (Å²) in [6, 6.07) is 4.91. The van der Waals surface area contributed by atoms with Crippen LogP contribution in [0.1, 0.15) is 24.2 Å². The molecule has 96 valence electrons. The van der Waals surface area contributed by atoms with E-state index in [1.54, 1.807) is 18.2 Å². The summed E-state index contributed by atoms with van der Waals surface area (Å²) < 4.78 is 0. The molecule has 2 rings (SSSR count). The van der Waals surface area contributed by atoms with Crippen LogP contribution in [0.4, 0.5) is 5.69 Å². The van der Waals surface area contributed by atoms with Crippen LogP contribution >= 0.6 is 27.5 Å². The molecule has 0 fully saturated rings. The lowest BCUT2D eigenvalue weighted by Crippen LogP contribution is -2.38. The fourth-order valence-electron chi connectivity index (χ4n) is 1.89. The highest BCUT2D eigenvalue weighted by atomic mass is 79.9. The van der Waals surface area contributed by atoms with Crippen molar-refractivity contribution in [1.29, 1.82) is 0 Å². The molecule has 1 aliphatic rings. The van der Waals surface area contributed by atoms with Crippen LogP contribution in [0.2, 0.25) is 5.02 Å². The molecule has 1 aromatic rings. The number of carbonyl (C=O) groups excluding carboxylic acids is 2. The summed E-state index contributed by atoms with van der Waals surface area (Å²) >= 11 is 9.35. The van der Waals surface area contributed by atoms with Crippen LogP contribution in [-0.4, -0.2) is 23.6 Å². The SMILES string of the molecule is CC(C)(CBr)CN1C(=O)C(=O)c2ccc(Cl)cc21. The highest BCUT2D eigenvalue weighted by Gasteiger charge is 2.38. The molecule has 3 nitrogen and oxygen atoms in total. The zero-order valence-corrected chi connectivity index (χ0v) is 12.5. The van der Waals surface area contributed by atoms with Crippen molar-refractivity contribution in [2.75, 3.05) is 16.8 Å². The maximum absolute atomic E-state index is 12.0. The number of alkyl halides is 1. The number of hydrogen-bond acceptors (Lipinski definition) is 2. The monoisotopic (exact) mass is 329 g/mol. The Hall–Kier alpha value is -0.870. The molecule has 0 saturated heterocycles. The first-order valence-electron chi connectivity index (χ1n) is 5.57. The van der Waals surface area contributed by atoms with Gasteiger partial charge >= 0.3 is 0 Å². The van der Waals surface area contributed by atoms with Crippen molar-refractivity contribution >= 4 is 44.9 Å². The van der Waals surface area contributed by atoms with Gasteiger partial charge in [-0.25, -0.2) is 0 Å². The lowest BCUT2D eigenvalue weighted by atomic mass is 9.96. The number of benzene rings is 1. The van der Waals surface area contributed by atoms with Gasteiger partial charge in [-0.15, -0.1) is 0 Å². The van der Waals surface area contributed by atoms with E-state index in [2.05, 4.69) is 15.9 Å². The van der Waals surface area contributed by atoms with E-state index in [9.17, 15) is 9.59 Å². The zero-order valence-electron chi connectivity index (χ0n) is 10.2. The van der Waals surface area contributed by atoms with E-state index in [1.165, 1.54) is 4.90 Å². The minimum atomic E-state index is -0.471. The smallest absolute Gasteiger partial charge is 0.299 e. The summed E-state index contributed by atoms with van der Waals surface area (Å²) in [5.41, 5.74) is 0.946. The Morgan fingerprint density at radius 3 is 2.61 bits per heavy atom. The summed E-state index contributed by atoms with van der Waals surface area (Å²) in [6.07, 6.45) is 0. The van der Waals surface area contributed by atoms with Crippen LogP contribution in [0.15, 0.2) is 18.2 Å². The third-order valence-electron chi connectivity index (χ3n) is 2.88. The maximum atomic E-state index is 12.0. The predicted octanol–water partition coefficient (Wildman–Crippen LogP) is 3.29. The molecule has 0 saturated carbocycles. The molecule has 1 amide bonds. The molecule has 0 unspecified atom stereocenters. The number of ketones is 1. The largest absolute Gasteiger partial charge is 0.304 e. The van der Waals surface area contributed by atoms with Crippen molar-refractivity contribution in [3.63, 3.8) is 0 Å². The molecule has 0 aromatic heterocycles. The Bertz CT molecular complexity index is 528. The molecule has 0 N–H and O–H groups in total. The normalized spacial score (nSPS) is 15.2. The zero-order chi connectivity index (χ0) is 13.5. The van der Waals surface area contributed by atoms with E-state index in [-0.39, 0.29) is 5.41 Å². The predicted molar refractivity (Wildman–Crippen MR) is 75.7 cm³/mol. The Labute approximate surface area is 119 Å². The molecule has 0 spiro atoms. The van der Waals surface area contributed by atoms with Gasteiger partial charge in [0.15, 0.2) is 0 Å². The summed E-state index contributed by atoms with van der Waals surface area (Å²) in [5, 5.41) is 1.27. The number of carbonyl (C=O) groups is 2.